The maximum Gasteiger partial charge on any atom is 0.188 e. The maximum atomic E-state index is 5.97. The van der Waals surface area contributed by atoms with Crippen LogP contribution in [0, 0.1) is 0 Å². The second-order valence-electron chi connectivity index (χ2n) is 5.52. The highest BCUT2D eigenvalue weighted by atomic mass is 15.1. The van der Waals surface area contributed by atoms with E-state index in [9.17, 15) is 0 Å². The summed E-state index contributed by atoms with van der Waals surface area (Å²) < 4.78 is 0. The minimum absolute atomic E-state index is 0.410. The Morgan fingerprint density at radius 1 is 1.26 bits per heavy atom. The molecule has 1 atom stereocenters. The van der Waals surface area contributed by atoms with Gasteiger partial charge in [-0.2, -0.15) is 0 Å². The highest BCUT2D eigenvalue weighted by Crippen LogP contribution is 2.17. The first-order valence-corrected chi connectivity index (χ1v) is 7.37. The summed E-state index contributed by atoms with van der Waals surface area (Å²) in [7, 11) is 0. The van der Waals surface area contributed by atoms with Gasteiger partial charge in [-0.1, -0.05) is 56.5 Å². The van der Waals surface area contributed by atoms with Crippen molar-refractivity contribution in [3.05, 3.63) is 35.9 Å². The van der Waals surface area contributed by atoms with Crippen LogP contribution in [0.3, 0.4) is 0 Å². The quantitative estimate of drug-likeness (QED) is 0.645. The van der Waals surface area contributed by atoms with Crippen molar-refractivity contribution in [2.45, 2.75) is 51.0 Å². The molecule has 0 saturated heterocycles. The van der Waals surface area contributed by atoms with E-state index in [4.69, 9.17) is 5.73 Å². The van der Waals surface area contributed by atoms with Gasteiger partial charge in [0.2, 0.25) is 0 Å². The molecule has 1 aromatic carbocycles. The average Bonchev–Trinajstić information content (AvgIpc) is 2.47. The molecule has 0 aliphatic heterocycles. The van der Waals surface area contributed by atoms with Crippen molar-refractivity contribution in [3.8, 4) is 0 Å². The fraction of sp³-hybridized carbons (Fsp3) is 0.562. The molecule has 3 heteroatoms. The molecule has 3 N–H and O–H groups in total. The zero-order valence-electron chi connectivity index (χ0n) is 11.8. The highest BCUT2D eigenvalue weighted by molar-refractivity contribution is 5.78. The van der Waals surface area contributed by atoms with E-state index in [1.165, 1.54) is 37.7 Å². The Kier molecular flexibility index (Phi) is 5.25. The lowest BCUT2D eigenvalue weighted by Gasteiger charge is -2.23. The van der Waals surface area contributed by atoms with E-state index in [0.29, 0.717) is 17.9 Å². The number of nitrogens with one attached hydrogen (secondary N) is 1. The summed E-state index contributed by atoms with van der Waals surface area (Å²) in [6.07, 6.45) is 6.44. The number of hydrogen-bond donors (Lipinski definition) is 2. The van der Waals surface area contributed by atoms with Crippen LogP contribution in [0.5, 0.6) is 0 Å². The summed E-state index contributed by atoms with van der Waals surface area (Å²) in [6, 6.07) is 11.0. The monoisotopic (exact) mass is 259 g/mol. The third-order valence-electron chi connectivity index (χ3n) is 3.86. The predicted molar refractivity (Wildman–Crippen MR) is 81.4 cm³/mol. The van der Waals surface area contributed by atoms with Gasteiger partial charge in [0.1, 0.15) is 0 Å². The Labute approximate surface area is 116 Å². The Bertz CT molecular complexity index is 394. The molecular formula is C16H25N3. The van der Waals surface area contributed by atoms with Crippen molar-refractivity contribution in [1.29, 1.82) is 0 Å². The first-order valence-electron chi connectivity index (χ1n) is 7.37. The summed E-state index contributed by atoms with van der Waals surface area (Å²) in [6.45, 7) is 2.93. The van der Waals surface area contributed by atoms with Crippen molar-refractivity contribution in [3.63, 3.8) is 0 Å². The molecule has 1 unspecified atom stereocenters. The van der Waals surface area contributed by atoms with Gasteiger partial charge >= 0.3 is 0 Å². The predicted octanol–water partition coefficient (Wildman–Crippen LogP) is 3.03. The number of rotatable bonds is 4. The lowest BCUT2D eigenvalue weighted by Crippen LogP contribution is -2.41. The van der Waals surface area contributed by atoms with E-state index in [0.717, 1.165) is 6.54 Å². The van der Waals surface area contributed by atoms with Crippen LogP contribution >= 0.6 is 0 Å². The topological polar surface area (TPSA) is 50.4 Å². The third kappa shape index (κ3) is 4.58. The number of aliphatic imine (C=N–C) groups is 1. The van der Waals surface area contributed by atoms with Crippen molar-refractivity contribution < 1.29 is 0 Å². The maximum absolute atomic E-state index is 5.97. The van der Waals surface area contributed by atoms with Crippen LogP contribution in [0.2, 0.25) is 0 Å². The van der Waals surface area contributed by atoms with Gasteiger partial charge < -0.3 is 11.1 Å². The summed E-state index contributed by atoms with van der Waals surface area (Å²) >= 11 is 0. The first-order chi connectivity index (χ1) is 9.25. The molecule has 1 fully saturated rings. The molecule has 0 bridgehead atoms. The van der Waals surface area contributed by atoms with E-state index in [-0.39, 0.29) is 0 Å². The van der Waals surface area contributed by atoms with Crippen molar-refractivity contribution >= 4 is 5.96 Å². The van der Waals surface area contributed by atoms with Crippen LogP contribution in [0.25, 0.3) is 0 Å². The lowest BCUT2D eigenvalue weighted by atomic mass is 9.96. The van der Waals surface area contributed by atoms with Crippen LogP contribution in [0.15, 0.2) is 35.3 Å². The summed E-state index contributed by atoms with van der Waals surface area (Å²) in [5.74, 6) is 1.02. The number of hydrogen-bond acceptors (Lipinski definition) is 1. The summed E-state index contributed by atoms with van der Waals surface area (Å²) in [5, 5.41) is 3.35. The van der Waals surface area contributed by atoms with Gasteiger partial charge in [0, 0.05) is 18.5 Å². The molecule has 1 saturated carbocycles. The van der Waals surface area contributed by atoms with Gasteiger partial charge in [-0.15, -0.1) is 0 Å². The molecule has 0 spiro atoms. The van der Waals surface area contributed by atoms with Gasteiger partial charge in [0.15, 0.2) is 5.96 Å². The van der Waals surface area contributed by atoms with Crippen LogP contribution in [0.1, 0.15) is 50.5 Å². The highest BCUT2D eigenvalue weighted by Gasteiger charge is 2.13. The minimum atomic E-state index is 0.410. The SMILES string of the molecule is CC(CN=C(N)NC1CCCCC1)c1ccccc1. The van der Waals surface area contributed by atoms with E-state index in [1.807, 2.05) is 6.07 Å². The third-order valence-corrected chi connectivity index (χ3v) is 3.86. The van der Waals surface area contributed by atoms with E-state index in [2.05, 4.69) is 41.5 Å². The van der Waals surface area contributed by atoms with Crippen molar-refractivity contribution in [2.75, 3.05) is 6.54 Å². The lowest BCUT2D eigenvalue weighted by molar-refractivity contribution is 0.412. The second-order valence-corrected chi connectivity index (χ2v) is 5.52. The fourth-order valence-electron chi connectivity index (χ4n) is 2.62. The molecule has 0 heterocycles. The first kappa shape index (κ1) is 13.9. The molecule has 19 heavy (non-hydrogen) atoms. The van der Waals surface area contributed by atoms with Gasteiger partial charge in [0.25, 0.3) is 0 Å². The molecular weight excluding hydrogens is 234 g/mol. The molecule has 104 valence electrons. The van der Waals surface area contributed by atoms with E-state index < -0.39 is 0 Å². The molecule has 1 aliphatic carbocycles. The van der Waals surface area contributed by atoms with Crippen LogP contribution in [-0.2, 0) is 0 Å². The van der Waals surface area contributed by atoms with Crippen LogP contribution < -0.4 is 11.1 Å². The van der Waals surface area contributed by atoms with Crippen molar-refractivity contribution in [2.24, 2.45) is 10.7 Å². The number of nitrogens with two attached hydrogens (primary N) is 1. The van der Waals surface area contributed by atoms with Gasteiger partial charge in [0.05, 0.1) is 0 Å². The summed E-state index contributed by atoms with van der Waals surface area (Å²) in [5.41, 5.74) is 7.29. The second kappa shape index (κ2) is 7.17. The van der Waals surface area contributed by atoms with Gasteiger partial charge in [-0.05, 0) is 18.4 Å². The number of nitrogens with zero attached hydrogens (tertiary/aromatic N) is 1. The average molecular weight is 259 g/mol. The molecule has 1 aliphatic rings. The largest absolute Gasteiger partial charge is 0.370 e. The molecule has 1 aromatic rings. The number of guanidine groups is 1. The van der Waals surface area contributed by atoms with Gasteiger partial charge in [-0.25, -0.2) is 0 Å². The number of benzene rings is 1. The molecule has 3 nitrogen and oxygen atoms in total. The van der Waals surface area contributed by atoms with Crippen LogP contribution in [-0.4, -0.2) is 18.5 Å². The molecule has 0 amide bonds. The van der Waals surface area contributed by atoms with E-state index in [1.54, 1.807) is 0 Å². The normalized spacial score (nSPS) is 19.1. The Morgan fingerprint density at radius 2 is 1.95 bits per heavy atom. The van der Waals surface area contributed by atoms with Crippen LogP contribution in [0.4, 0.5) is 0 Å². The fourth-order valence-corrected chi connectivity index (χ4v) is 2.62. The smallest absolute Gasteiger partial charge is 0.188 e. The Morgan fingerprint density at radius 3 is 2.63 bits per heavy atom. The van der Waals surface area contributed by atoms with Crippen molar-refractivity contribution in [1.82, 2.24) is 5.32 Å². The Balaban J connectivity index is 1.80. The molecule has 0 aromatic heterocycles. The standard InChI is InChI=1S/C16H25N3/c1-13(14-8-4-2-5-9-14)12-18-16(17)19-15-10-6-3-7-11-15/h2,4-5,8-9,13,15H,3,6-7,10-12H2,1H3,(H3,17,18,19). The van der Waals surface area contributed by atoms with E-state index >= 15 is 0 Å². The molecule has 2 rings (SSSR count). The zero-order valence-corrected chi connectivity index (χ0v) is 11.8. The summed E-state index contributed by atoms with van der Waals surface area (Å²) in [4.78, 5) is 4.48. The zero-order chi connectivity index (χ0) is 13.5. The Hall–Kier alpha value is -1.51. The molecule has 0 radical (unpaired) electrons. The minimum Gasteiger partial charge on any atom is -0.370 e. The van der Waals surface area contributed by atoms with Gasteiger partial charge in [-0.3, -0.25) is 4.99 Å².